The molecule has 2 aromatic carbocycles. The molecule has 7 nitrogen and oxygen atoms in total. The Hall–Kier alpha value is -3.35. The van der Waals surface area contributed by atoms with Crippen LogP contribution in [-0.2, 0) is 0 Å². The van der Waals surface area contributed by atoms with Crippen molar-refractivity contribution in [2.75, 3.05) is 12.5 Å². The van der Waals surface area contributed by atoms with E-state index in [9.17, 15) is 0 Å². The molecule has 0 fully saturated rings. The lowest BCUT2D eigenvalue weighted by Gasteiger charge is -2.01. The Kier molecular flexibility index (Phi) is 3.16. The topological polar surface area (TPSA) is 97.9 Å². The number of fused-ring (bicyclic) bond motifs is 1. The van der Waals surface area contributed by atoms with E-state index < -0.39 is 0 Å². The molecule has 0 spiro atoms. The molecule has 7 heteroatoms. The number of rotatable bonds is 3. The Bertz CT molecular complexity index is 873. The summed E-state index contributed by atoms with van der Waals surface area (Å²) in [6.07, 6.45) is 0. The van der Waals surface area contributed by atoms with E-state index in [-0.39, 0.29) is 12.6 Å². The number of nitrogen functional groups attached to an aromatic ring is 1. The zero-order valence-corrected chi connectivity index (χ0v) is 12.1. The van der Waals surface area contributed by atoms with Gasteiger partial charge in [0.15, 0.2) is 23.0 Å². The van der Waals surface area contributed by atoms with Gasteiger partial charge in [-0.25, -0.2) is 0 Å². The molecule has 0 saturated heterocycles. The van der Waals surface area contributed by atoms with Gasteiger partial charge in [-0.3, -0.25) is 5.10 Å². The lowest BCUT2D eigenvalue weighted by Crippen LogP contribution is -1.92. The summed E-state index contributed by atoms with van der Waals surface area (Å²) in [4.78, 5) is 0. The predicted octanol–water partition coefficient (Wildman–Crippen LogP) is 3.80. The Morgan fingerprint density at radius 1 is 1.00 bits per heavy atom. The zero-order valence-electron chi connectivity index (χ0n) is 12.1. The Balaban J connectivity index is 1.72. The molecular weight excluding hydrogens is 294 g/mol. The van der Waals surface area contributed by atoms with Crippen LogP contribution in [0, 0.1) is 0 Å². The summed E-state index contributed by atoms with van der Waals surface area (Å²) in [7, 11) is 0. The van der Waals surface area contributed by atoms with Crippen LogP contribution in [0.1, 0.15) is 0 Å². The first-order chi connectivity index (χ1) is 11.3. The standard InChI is InChI=1S/C16H13N5O2/c17-16-15(20-18-11-4-2-1-3-5-11)14(19-21-16)10-6-7-12-13(8-10)23-9-22-12/h1-8H,9H2,(H3,17,19,21). The second-order valence-corrected chi connectivity index (χ2v) is 4.94. The molecule has 3 aromatic rings. The third-order valence-electron chi connectivity index (χ3n) is 3.45. The normalized spacial score (nSPS) is 12.9. The number of nitrogens with two attached hydrogens (primary N) is 1. The predicted molar refractivity (Wildman–Crippen MR) is 85.2 cm³/mol. The number of benzene rings is 2. The van der Waals surface area contributed by atoms with Gasteiger partial charge in [0.1, 0.15) is 0 Å². The van der Waals surface area contributed by atoms with Crippen LogP contribution >= 0.6 is 0 Å². The zero-order chi connectivity index (χ0) is 15.6. The van der Waals surface area contributed by atoms with Crippen molar-refractivity contribution in [3.05, 3.63) is 48.5 Å². The van der Waals surface area contributed by atoms with E-state index in [0.717, 1.165) is 11.3 Å². The van der Waals surface area contributed by atoms with Gasteiger partial charge in [0.25, 0.3) is 0 Å². The maximum Gasteiger partial charge on any atom is 0.231 e. The van der Waals surface area contributed by atoms with E-state index >= 15 is 0 Å². The van der Waals surface area contributed by atoms with Crippen molar-refractivity contribution in [2.24, 2.45) is 10.2 Å². The number of hydrogen-bond donors (Lipinski definition) is 2. The highest BCUT2D eigenvalue weighted by atomic mass is 16.7. The third-order valence-corrected chi connectivity index (χ3v) is 3.45. The molecule has 3 N–H and O–H groups in total. The number of H-pyrrole nitrogens is 1. The van der Waals surface area contributed by atoms with E-state index in [0.29, 0.717) is 22.9 Å². The third kappa shape index (κ3) is 2.48. The fraction of sp³-hybridized carbons (Fsp3) is 0.0625. The quantitative estimate of drug-likeness (QED) is 0.719. The summed E-state index contributed by atoms with van der Waals surface area (Å²) in [6.45, 7) is 0.227. The summed E-state index contributed by atoms with van der Waals surface area (Å²) >= 11 is 0. The minimum Gasteiger partial charge on any atom is -0.454 e. The first-order valence-electron chi connectivity index (χ1n) is 7.02. The van der Waals surface area contributed by atoms with Crippen LogP contribution in [0.5, 0.6) is 11.5 Å². The Morgan fingerprint density at radius 2 is 1.83 bits per heavy atom. The monoisotopic (exact) mass is 307 g/mol. The second kappa shape index (κ2) is 5.45. The summed E-state index contributed by atoms with van der Waals surface area (Å²) in [5.74, 6) is 1.69. The molecule has 2 heterocycles. The number of nitrogens with one attached hydrogen (secondary N) is 1. The van der Waals surface area contributed by atoms with Crippen LogP contribution in [0.4, 0.5) is 17.2 Å². The minimum atomic E-state index is 0.227. The maximum absolute atomic E-state index is 5.90. The first kappa shape index (κ1) is 13.3. The molecular formula is C16H13N5O2. The van der Waals surface area contributed by atoms with Crippen molar-refractivity contribution in [2.45, 2.75) is 0 Å². The van der Waals surface area contributed by atoms with Crippen LogP contribution in [0.15, 0.2) is 58.8 Å². The molecule has 0 aliphatic carbocycles. The van der Waals surface area contributed by atoms with Gasteiger partial charge in [-0.15, -0.1) is 5.11 Å². The Labute approximate surface area is 131 Å². The number of azo groups is 1. The van der Waals surface area contributed by atoms with E-state index in [1.54, 1.807) is 0 Å². The lowest BCUT2D eigenvalue weighted by molar-refractivity contribution is 0.174. The summed E-state index contributed by atoms with van der Waals surface area (Å²) in [6, 6.07) is 15.0. The molecule has 0 atom stereocenters. The van der Waals surface area contributed by atoms with Gasteiger partial charge in [0, 0.05) is 5.56 Å². The lowest BCUT2D eigenvalue weighted by atomic mass is 10.1. The molecule has 1 aliphatic heterocycles. The number of aromatic amines is 1. The van der Waals surface area contributed by atoms with Crippen LogP contribution in [-0.4, -0.2) is 17.0 Å². The number of ether oxygens (including phenoxy) is 2. The number of nitrogens with zero attached hydrogens (tertiary/aromatic N) is 3. The summed E-state index contributed by atoms with van der Waals surface area (Å²) < 4.78 is 10.7. The van der Waals surface area contributed by atoms with Crippen molar-refractivity contribution in [3.8, 4) is 22.8 Å². The molecule has 1 aromatic heterocycles. The fourth-order valence-corrected chi connectivity index (χ4v) is 2.31. The molecule has 0 bridgehead atoms. The van der Waals surface area contributed by atoms with E-state index in [1.165, 1.54) is 0 Å². The molecule has 114 valence electrons. The number of aromatic nitrogens is 2. The molecule has 4 rings (SSSR count). The highest BCUT2D eigenvalue weighted by Crippen LogP contribution is 2.39. The molecule has 0 saturated carbocycles. The van der Waals surface area contributed by atoms with Gasteiger partial charge in [-0.1, -0.05) is 18.2 Å². The molecule has 23 heavy (non-hydrogen) atoms. The average Bonchev–Trinajstić information content (AvgIpc) is 3.19. The van der Waals surface area contributed by atoms with Crippen molar-refractivity contribution in [3.63, 3.8) is 0 Å². The maximum atomic E-state index is 5.90. The van der Waals surface area contributed by atoms with Crippen LogP contribution in [0.25, 0.3) is 11.3 Å². The van der Waals surface area contributed by atoms with Crippen molar-refractivity contribution in [1.29, 1.82) is 0 Å². The van der Waals surface area contributed by atoms with Crippen molar-refractivity contribution in [1.82, 2.24) is 10.2 Å². The summed E-state index contributed by atoms with van der Waals surface area (Å²) in [5.41, 5.74) is 8.67. The van der Waals surface area contributed by atoms with Crippen molar-refractivity contribution >= 4 is 17.2 Å². The van der Waals surface area contributed by atoms with Gasteiger partial charge in [0.2, 0.25) is 6.79 Å². The highest BCUT2D eigenvalue weighted by molar-refractivity contribution is 5.80. The highest BCUT2D eigenvalue weighted by Gasteiger charge is 2.18. The number of anilines is 1. The van der Waals surface area contributed by atoms with Gasteiger partial charge < -0.3 is 15.2 Å². The fourth-order valence-electron chi connectivity index (χ4n) is 2.31. The Morgan fingerprint density at radius 3 is 2.70 bits per heavy atom. The summed E-state index contributed by atoms with van der Waals surface area (Å²) in [5, 5.41) is 15.4. The van der Waals surface area contributed by atoms with Crippen LogP contribution < -0.4 is 15.2 Å². The van der Waals surface area contributed by atoms with Crippen molar-refractivity contribution < 1.29 is 9.47 Å². The van der Waals surface area contributed by atoms with Crippen LogP contribution in [0.2, 0.25) is 0 Å². The SMILES string of the molecule is Nc1n[nH]c(-c2ccc3c(c2)OCO3)c1N=Nc1ccccc1. The van der Waals surface area contributed by atoms with Gasteiger partial charge in [0.05, 0.1) is 11.4 Å². The largest absolute Gasteiger partial charge is 0.454 e. The van der Waals surface area contributed by atoms with Gasteiger partial charge in [-0.05, 0) is 30.3 Å². The van der Waals surface area contributed by atoms with Crippen LogP contribution in [0.3, 0.4) is 0 Å². The van der Waals surface area contributed by atoms with E-state index in [1.807, 2.05) is 48.5 Å². The molecule has 0 radical (unpaired) electrons. The smallest absolute Gasteiger partial charge is 0.231 e. The van der Waals surface area contributed by atoms with Gasteiger partial charge in [-0.2, -0.15) is 10.2 Å². The second-order valence-electron chi connectivity index (χ2n) is 4.94. The molecule has 0 amide bonds. The van der Waals surface area contributed by atoms with E-state index in [2.05, 4.69) is 20.4 Å². The first-order valence-corrected chi connectivity index (χ1v) is 7.02. The van der Waals surface area contributed by atoms with E-state index in [4.69, 9.17) is 15.2 Å². The molecule has 1 aliphatic rings. The number of hydrogen-bond acceptors (Lipinski definition) is 6. The molecule has 0 unspecified atom stereocenters. The minimum absolute atomic E-state index is 0.227. The average molecular weight is 307 g/mol. The van der Waals surface area contributed by atoms with Gasteiger partial charge >= 0.3 is 0 Å².